The topological polar surface area (TPSA) is 40.6 Å². The van der Waals surface area contributed by atoms with Crippen LogP contribution in [0.2, 0.25) is 0 Å². The van der Waals surface area contributed by atoms with E-state index < -0.39 is 0 Å². The first-order valence-corrected chi connectivity index (χ1v) is 9.69. The molecule has 1 aliphatic carbocycles. The first-order valence-electron chi connectivity index (χ1n) is 8.81. The molecule has 0 radical (unpaired) electrons. The summed E-state index contributed by atoms with van der Waals surface area (Å²) in [6.45, 7) is 1.10. The monoisotopic (exact) mass is 354 g/mol. The van der Waals surface area contributed by atoms with Crippen molar-refractivity contribution < 1.29 is 9.59 Å². The molecule has 1 fully saturated rings. The smallest absolute Gasteiger partial charge is 0.228 e. The van der Waals surface area contributed by atoms with Gasteiger partial charge in [0.2, 0.25) is 11.8 Å². The van der Waals surface area contributed by atoms with Crippen LogP contribution in [0.25, 0.3) is 0 Å². The molecule has 1 atom stereocenters. The summed E-state index contributed by atoms with van der Waals surface area (Å²) < 4.78 is 0. The molecule has 5 heteroatoms. The number of hydrogen-bond donors (Lipinski definition) is 0. The van der Waals surface area contributed by atoms with Crippen LogP contribution in [-0.4, -0.2) is 30.3 Å². The Bertz CT molecular complexity index is 800. The van der Waals surface area contributed by atoms with Gasteiger partial charge in [-0.1, -0.05) is 12.1 Å². The number of benzene rings is 1. The van der Waals surface area contributed by atoms with E-state index in [1.165, 1.54) is 17.5 Å². The standard InChI is InChI=1S/C20H22N2O2S/c1-21(13-18-6-3-9-25-18)20(24)16-11-19(23)22(12-16)17-8-7-14-4-2-5-15(14)10-17/h3,6-10,16H,2,4-5,11-13H2,1H3. The molecule has 4 rings (SSSR count). The lowest BCUT2D eigenvalue weighted by molar-refractivity contribution is -0.135. The number of anilines is 1. The van der Waals surface area contributed by atoms with E-state index in [2.05, 4.69) is 12.1 Å². The van der Waals surface area contributed by atoms with Crippen molar-refractivity contribution in [3.05, 3.63) is 51.7 Å². The van der Waals surface area contributed by atoms with Crippen LogP contribution >= 0.6 is 11.3 Å². The summed E-state index contributed by atoms with van der Waals surface area (Å²) in [7, 11) is 1.82. The summed E-state index contributed by atoms with van der Waals surface area (Å²) in [6, 6.07) is 10.3. The molecule has 2 amide bonds. The molecule has 1 aliphatic heterocycles. The van der Waals surface area contributed by atoms with Gasteiger partial charge in [0.15, 0.2) is 0 Å². The van der Waals surface area contributed by atoms with Gasteiger partial charge in [-0.25, -0.2) is 0 Å². The molecule has 2 heterocycles. The van der Waals surface area contributed by atoms with Gasteiger partial charge in [0.05, 0.1) is 12.5 Å². The second-order valence-corrected chi connectivity index (χ2v) is 8.02. The molecule has 130 valence electrons. The number of carbonyl (C=O) groups is 2. The summed E-state index contributed by atoms with van der Waals surface area (Å²) >= 11 is 1.65. The lowest BCUT2D eigenvalue weighted by atomic mass is 10.1. The second kappa shape index (κ2) is 6.64. The van der Waals surface area contributed by atoms with Gasteiger partial charge in [-0.05, 0) is 54.0 Å². The van der Waals surface area contributed by atoms with E-state index >= 15 is 0 Å². The third kappa shape index (κ3) is 3.21. The van der Waals surface area contributed by atoms with E-state index in [9.17, 15) is 9.59 Å². The minimum atomic E-state index is -0.245. The Morgan fingerprint density at radius 2 is 2.12 bits per heavy atom. The number of aryl methyl sites for hydroxylation is 2. The quantitative estimate of drug-likeness (QED) is 0.846. The maximum absolute atomic E-state index is 12.7. The van der Waals surface area contributed by atoms with Crippen molar-refractivity contribution in [3.8, 4) is 0 Å². The Hall–Kier alpha value is -2.14. The molecule has 2 aromatic rings. The molecule has 1 aromatic carbocycles. The summed E-state index contributed by atoms with van der Waals surface area (Å²) in [6.07, 6.45) is 3.74. The highest BCUT2D eigenvalue weighted by atomic mass is 32.1. The average molecular weight is 354 g/mol. The van der Waals surface area contributed by atoms with Crippen LogP contribution in [0.5, 0.6) is 0 Å². The Labute approximate surface area is 152 Å². The summed E-state index contributed by atoms with van der Waals surface area (Å²) in [5, 5.41) is 2.02. The van der Waals surface area contributed by atoms with Gasteiger partial charge in [-0.15, -0.1) is 11.3 Å². The maximum Gasteiger partial charge on any atom is 0.228 e. The van der Waals surface area contributed by atoms with Gasteiger partial charge >= 0.3 is 0 Å². The predicted octanol–water partition coefficient (Wildman–Crippen LogP) is 3.25. The Morgan fingerprint density at radius 1 is 1.28 bits per heavy atom. The molecule has 4 nitrogen and oxygen atoms in total. The van der Waals surface area contributed by atoms with E-state index in [0.717, 1.165) is 23.4 Å². The lowest BCUT2D eigenvalue weighted by Gasteiger charge is -2.21. The van der Waals surface area contributed by atoms with Crippen molar-refractivity contribution in [2.75, 3.05) is 18.5 Å². The number of rotatable bonds is 4. The van der Waals surface area contributed by atoms with E-state index in [1.807, 2.05) is 30.6 Å². The lowest BCUT2D eigenvalue weighted by Crippen LogP contribution is -2.34. The van der Waals surface area contributed by atoms with Gasteiger partial charge in [-0.2, -0.15) is 0 Å². The average Bonchev–Trinajstić information content (AvgIpc) is 3.33. The zero-order valence-electron chi connectivity index (χ0n) is 14.4. The maximum atomic E-state index is 12.7. The summed E-state index contributed by atoms with van der Waals surface area (Å²) in [5.74, 6) is -0.128. The molecule has 0 bridgehead atoms. The summed E-state index contributed by atoms with van der Waals surface area (Å²) in [4.78, 5) is 29.9. The zero-order valence-corrected chi connectivity index (χ0v) is 15.2. The van der Waals surface area contributed by atoms with Crippen LogP contribution < -0.4 is 4.90 Å². The van der Waals surface area contributed by atoms with Crippen molar-refractivity contribution in [1.29, 1.82) is 0 Å². The van der Waals surface area contributed by atoms with Crippen LogP contribution in [0.15, 0.2) is 35.7 Å². The summed E-state index contributed by atoms with van der Waals surface area (Å²) in [5.41, 5.74) is 3.70. The second-order valence-electron chi connectivity index (χ2n) is 6.99. The van der Waals surface area contributed by atoms with Gasteiger partial charge in [0.1, 0.15) is 0 Å². The Kier molecular flexibility index (Phi) is 4.34. The first kappa shape index (κ1) is 16.3. The molecule has 0 saturated carbocycles. The fourth-order valence-corrected chi connectivity index (χ4v) is 4.63. The first-order chi connectivity index (χ1) is 12.1. The van der Waals surface area contributed by atoms with Crippen LogP contribution in [0.1, 0.15) is 28.8 Å². The molecular formula is C20H22N2O2S. The molecule has 1 aromatic heterocycles. The number of nitrogens with zero attached hydrogens (tertiary/aromatic N) is 2. The van der Waals surface area contributed by atoms with Gasteiger partial charge in [-0.3, -0.25) is 9.59 Å². The number of hydrogen-bond acceptors (Lipinski definition) is 3. The van der Waals surface area contributed by atoms with Crippen molar-refractivity contribution in [2.24, 2.45) is 5.92 Å². The van der Waals surface area contributed by atoms with Crippen LogP contribution in [-0.2, 0) is 29.0 Å². The third-order valence-corrected chi connectivity index (χ3v) is 6.08. The highest BCUT2D eigenvalue weighted by Gasteiger charge is 2.36. The highest BCUT2D eigenvalue weighted by molar-refractivity contribution is 7.09. The number of fused-ring (bicyclic) bond motifs is 1. The fraction of sp³-hybridized carbons (Fsp3) is 0.400. The minimum absolute atomic E-state index is 0.0563. The van der Waals surface area contributed by atoms with Gasteiger partial charge < -0.3 is 9.80 Å². The Morgan fingerprint density at radius 3 is 2.92 bits per heavy atom. The Balaban J connectivity index is 1.45. The predicted molar refractivity (Wildman–Crippen MR) is 99.7 cm³/mol. The molecule has 1 unspecified atom stereocenters. The van der Waals surface area contributed by atoms with Gasteiger partial charge in [0, 0.05) is 30.6 Å². The van der Waals surface area contributed by atoms with Crippen LogP contribution in [0.4, 0.5) is 5.69 Å². The van der Waals surface area contributed by atoms with Crippen molar-refractivity contribution >= 4 is 28.8 Å². The minimum Gasteiger partial charge on any atom is -0.340 e. The van der Waals surface area contributed by atoms with Crippen LogP contribution in [0.3, 0.4) is 0 Å². The fourth-order valence-electron chi connectivity index (χ4n) is 3.87. The number of carbonyl (C=O) groups excluding carboxylic acids is 2. The SMILES string of the molecule is CN(Cc1cccs1)C(=O)C1CC(=O)N(c2ccc3c(c2)CCC3)C1. The van der Waals surface area contributed by atoms with E-state index in [1.54, 1.807) is 21.1 Å². The van der Waals surface area contributed by atoms with Crippen molar-refractivity contribution in [1.82, 2.24) is 4.90 Å². The largest absolute Gasteiger partial charge is 0.340 e. The number of amides is 2. The van der Waals surface area contributed by atoms with E-state index in [0.29, 0.717) is 19.5 Å². The molecular weight excluding hydrogens is 332 g/mol. The van der Waals surface area contributed by atoms with Crippen molar-refractivity contribution in [3.63, 3.8) is 0 Å². The van der Waals surface area contributed by atoms with Gasteiger partial charge in [0.25, 0.3) is 0 Å². The molecule has 1 saturated heterocycles. The zero-order chi connectivity index (χ0) is 17.4. The molecule has 0 N–H and O–H groups in total. The van der Waals surface area contributed by atoms with E-state index in [4.69, 9.17) is 0 Å². The van der Waals surface area contributed by atoms with Crippen molar-refractivity contribution in [2.45, 2.75) is 32.2 Å². The van der Waals surface area contributed by atoms with Crippen LogP contribution in [0, 0.1) is 5.92 Å². The number of thiophene rings is 1. The van der Waals surface area contributed by atoms with E-state index in [-0.39, 0.29) is 17.7 Å². The molecule has 0 spiro atoms. The third-order valence-electron chi connectivity index (χ3n) is 5.22. The molecule has 2 aliphatic rings. The highest BCUT2D eigenvalue weighted by Crippen LogP contribution is 2.31. The normalized spacial score (nSPS) is 19.3. The molecule has 25 heavy (non-hydrogen) atoms.